The molecule has 0 aliphatic carbocycles. The molecule has 0 spiro atoms. The Balaban J connectivity index is 2.33. The number of hydrogen-bond donors (Lipinski definition) is 1. The average Bonchev–Trinajstić information content (AvgIpc) is 2.47. The Kier molecular flexibility index (Phi) is 5.21. The molecule has 0 radical (unpaired) electrons. The smallest absolute Gasteiger partial charge is 0.133 e. The van der Waals surface area contributed by atoms with E-state index in [1.807, 2.05) is 31.3 Å². The van der Waals surface area contributed by atoms with Gasteiger partial charge in [0.05, 0.1) is 0 Å². The van der Waals surface area contributed by atoms with E-state index in [-0.39, 0.29) is 6.04 Å². The first kappa shape index (κ1) is 15.1. The highest BCUT2D eigenvalue weighted by Gasteiger charge is 2.11. The van der Waals surface area contributed by atoms with Gasteiger partial charge in [-0.2, -0.15) is 0 Å². The van der Waals surface area contributed by atoms with Crippen LogP contribution in [0.15, 0.2) is 46.9 Å². The summed E-state index contributed by atoms with van der Waals surface area (Å²) >= 11 is 3.51. The first-order chi connectivity index (χ1) is 9.63. The number of aryl methyl sites for hydroxylation is 1. The number of benzene rings is 2. The zero-order chi connectivity index (χ0) is 14.5. The molecule has 2 rings (SSSR count). The standard InChI is InChI=1S/C17H20BrNO/c1-4-13-6-5-7-15(10-13)20-17-11-14(18)8-9-16(17)12(2)19-3/h5-12,19H,4H2,1-3H3. The van der Waals surface area contributed by atoms with Gasteiger partial charge in [0, 0.05) is 16.1 Å². The lowest BCUT2D eigenvalue weighted by Gasteiger charge is -2.17. The van der Waals surface area contributed by atoms with Crippen LogP contribution in [0.2, 0.25) is 0 Å². The molecule has 0 saturated carbocycles. The van der Waals surface area contributed by atoms with Gasteiger partial charge in [-0.3, -0.25) is 0 Å². The fourth-order valence-electron chi connectivity index (χ4n) is 2.07. The summed E-state index contributed by atoms with van der Waals surface area (Å²) < 4.78 is 7.11. The number of halogens is 1. The largest absolute Gasteiger partial charge is 0.457 e. The van der Waals surface area contributed by atoms with Crippen molar-refractivity contribution in [2.75, 3.05) is 7.05 Å². The Bertz CT molecular complexity index is 583. The molecule has 0 saturated heterocycles. The van der Waals surface area contributed by atoms with Crippen LogP contribution >= 0.6 is 15.9 Å². The Morgan fingerprint density at radius 1 is 1.20 bits per heavy atom. The van der Waals surface area contributed by atoms with Gasteiger partial charge in [0.1, 0.15) is 11.5 Å². The highest BCUT2D eigenvalue weighted by molar-refractivity contribution is 9.10. The van der Waals surface area contributed by atoms with Gasteiger partial charge in [-0.15, -0.1) is 0 Å². The summed E-state index contributed by atoms with van der Waals surface area (Å²) in [6.07, 6.45) is 1.01. The van der Waals surface area contributed by atoms with E-state index in [4.69, 9.17) is 4.74 Å². The third kappa shape index (κ3) is 3.62. The molecule has 0 amide bonds. The van der Waals surface area contributed by atoms with Crippen molar-refractivity contribution in [3.05, 3.63) is 58.1 Å². The van der Waals surface area contributed by atoms with Crippen molar-refractivity contribution in [1.29, 1.82) is 0 Å². The highest BCUT2D eigenvalue weighted by atomic mass is 79.9. The van der Waals surface area contributed by atoms with E-state index in [0.29, 0.717) is 0 Å². The van der Waals surface area contributed by atoms with Crippen LogP contribution in [0.3, 0.4) is 0 Å². The molecule has 2 nitrogen and oxygen atoms in total. The molecule has 0 aliphatic rings. The fraction of sp³-hybridized carbons (Fsp3) is 0.294. The lowest BCUT2D eigenvalue weighted by Crippen LogP contribution is -2.13. The summed E-state index contributed by atoms with van der Waals surface area (Å²) in [5, 5.41) is 3.25. The third-order valence-electron chi connectivity index (χ3n) is 3.41. The maximum absolute atomic E-state index is 6.09. The average molecular weight is 334 g/mol. The van der Waals surface area contributed by atoms with E-state index in [0.717, 1.165) is 28.0 Å². The van der Waals surface area contributed by atoms with Crippen LogP contribution in [0.5, 0.6) is 11.5 Å². The van der Waals surface area contributed by atoms with Crippen molar-refractivity contribution in [3.8, 4) is 11.5 Å². The van der Waals surface area contributed by atoms with Gasteiger partial charge in [-0.25, -0.2) is 0 Å². The number of hydrogen-bond acceptors (Lipinski definition) is 2. The van der Waals surface area contributed by atoms with Crippen LogP contribution < -0.4 is 10.1 Å². The van der Waals surface area contributed by atoms with Crippen LogP contribution in [0.1, 0.15) is 31.0 Å². The van der Waals surface area contributed by atoms with Gasteiger partial charge in [0.2, 0.25) is 0 Å². The zero-order valence-corrected chi connectivity index (χ0v) is 13.7. The van der Waals surface area contributed by atoms with Crippen molar-refractivity contribution in [2.45, 2.75) is 26.3 Å². The molecule has 3 heteroatoms. The molecule has 1 unspecified atom stereocenters. The molecule has 0 bridgehead atoms. The van der Waals surface area contributed by atoms with Crippen LogP contribution in [-0.2, 0) is 6.42 Å². The second-order valence-corrected chi connectivity index (χ2v) is 5.71. The summed E-state index contributed by atoms with van der Waals surface area (Å²) in [6, 6.07) is 14.6. The SMILES string of the molecule is CCc1cccc(Oc2cc(Br)ccc2C(C)NC)c1. The van der Waals surface area contributed by atoms with Gasteiger partial charge >= 0.3 is 0 Å². The summed E-state index contributed by atoms with van der Waals surface area (Å²) in [7, 11) is 1.95. The van der Waals surface area contributed by atoms with Gasteiger partial charge in [-0.05, 0) is 50.2 Å². The molecule has 0 aliphatic heterocycles. The topological polar surface area (TPSA) is 21.3 Å². The summed E-state index contributed by atoms with van der Waals surface area (Å²) in [4.78, 5) is 0. The van der Waals surface area contributed by atoms with Crippen LogP contribution in [0, 0.1) is 0 Å². The Morgan fingerprint density at radius 2 is 2.00 bits per heavy atom. The maximum Gasteiger partial charge on any atom is 0.133 e. The van der Waals surface area contributed by atoms with Crippen LogP contribution in [-0.4, -0.2) is 7.05 Å². The minimum atomic E-state index is 0.243. The molecule has 20 heavy (non-hydrogen) atoms. The van der Waals surface area contributed by atoms with E-state index < -0.39 is 0 Å². The number of rotatable bonds is 5. The van der Waals surface area contributed by atoms with Crippen molar-refractivity contribution < 1.29 is 4.74 Å². The Morgan fingerprint density at radius 3 is 2.70 bits per heavy atom. The lowest BCUT2D eigenvalue weighted by molar-refractivity contribution is 0.465. The second kappa shape index (κ2) is 6.91. The van der Waals surface area contributed by atoms with Crippen molar-refractivity contribution in [2.24, 2.45) is 0 Å². The zero-order valence-electron chi connectivity index (χ0n) is 12.1. The molecule has 0 heterocycles. The van der Waals surface area contributed by atoms with E-state index in [2.05, 4.69) is 53.3 Å². The summed E-state index contributed by atoms with van der Waals surface area (Å²) in [6.45, 7) is 4.27. The predicted molar refractivity (Wildman–Crippen MR) is 87.5 cm³/mol. The molecule has 1 atom stereocenters. The summed E-state index contributed by atoms with van der Waals surface area (Å²) in [5.74, 6) is 1.77. The Labute approximate surface area is 129 Å². The first-order valence-corrected chi connectivity index (χ1v) is 7.66. The molecule has 0 aromatic heterocycles. The van der Waals surface area contributed by atoms with E-state index >= 15 is 0 Å². The van der Waals surface area contributed by atoms with E-state index in [1.165, 1.54) is 5.56 Å². The second-order valence-electron chi connectivity index (χ2n) is 4.80. The van der Waals surface area contributed by atoms with Crippen molar-refractivity contribution >= 4 is 15.9 Å². The molecule has 2 aromatic carbocycles. The van der Waals surface area contributed by atoms with Crippen molar-refractivity contribution in [1.82, 2.24) is 5.32 Å². The quantitative estimate of drug-likeness (QED) is 0.823. The third-order valence-corrected chi connectivity index (χ3v) is 3.90. The number of ether oxygens (including phenoxy) is 1. The van der Waals surface area contributed by atoms with Gasteiger partial charge in [0.15, 0.2) is 0 Å². The predicted octanol–water partition coefficient (Wildman–Crippen LogP) is 5.08. The molecular weight excluding hydrogens is 314 g/mol. The lowest BCUT2D eigenvalue weighted by atomic mass is 10.1. The Hall–Kier alpha value is -1.32. The molecule has 0 fully saturated rings. The van der Waals surface area contributed by atoms with E-state index in [9.17, 15) is 0 Å². The van der Waals surface area contributed by atoms with Gasteiger partial charge < -0.3 is 10.1 Å². The van der Waals surface area contributed by atoms with Crippen LogP contribution in [0.25, 0.3) is 0 Å². The maximum atomic E-state index is 6.09. The number of nitrogens with one attached hydrogen (secondary N) is 1. The fourth-order valence-corrected chi connectivity index (χ4v) is 2.41. The minimum absolute atomic E-state index is 0.243. The van der Waals surface area contributed by atoms with Crippen LogP contribution in [0.4, 0.5) is 0 Å². The molecule has 106 valence electrons. The van der Waals surface area contributed by atoms with Crippen molar-refractivity contribution in [3.63, 3.8) is 0 Å². The highest BCUT2D eigenvalue weighted by Crippen LogP contribution is 2.32. The normalized spacial score (nSPS) is 12.2. The first-order valence-electron chi connectivity index (χ1n) is 6.87. The monoisotopic (exact) mass is 333 g/mol. The van der Waals surface area contributed by atoms with Gasteiger partial charge in [0.25, 0.3) is 0 Å². The molecule has 1 N–H and O–H groups in total. The van der Waals surface area contributed by atoms with Gasteiger partial charge in [-0.1, -0.05) is 41.1 Å². The molecule has 2 aromatic rings. The van der Waals surface area contributed by atoms with E-state index in [1.54, 1.807) is 0 Å². The minimum Gasteiger partial charge on any atom is -0.457 e. The summed E-state index contributed by atoms with van der Waals surface area (Å²) in [5.41, 5.74) is 2.43. The molecular formula is C17H20BrNO.